The Labute approximate surface area is 114 Å². The molecule has 0 aliphatic carbocycles. The molecular weight excluding hydrogens is 276 g/mol. The summed E-state index contributed by atoms with van der Waals surface area (Å²) in [6.07, 6.45) is 2.45. The van der Waals surface area contributed by atoms with Crippen LogP contribution in [0.25, 0.3) is 0 Å². The molecule has 1 nitrogen and oxygen atoms in total. The number of halogens is 1. The Kier molecular flexibility index (Phi) is 6.04. The summed E-state index contributed by atoms with van der Waals surface area (Å²) in [5.41, 5.74) is 1.31. The fourth-order valence-corrected chi connectivity index (χ4v) is 1.93. The van der Waals surface area contributed by atoms with Crippen LogP contribution in [0.5, 0.6) is 5.75 Å². The van der Waals surface area contributed by atoms with E-state index in [0.29, 0.717) is 10.7 Å². The summed E-state index contributed by atoms with van der Waals surface area (Å²) in [4.78, 5) is 0.578. The number of hydrogen-bond donors (Lipinski definition) is 0. The van der Waals surface area contributed by atoms with Crippen LogP contribution in [0.1, 0.15) is 39.7 Å². The molecule has 1 rings (SSSR count). The van der Waals surface area contributed by atoms with E-state index in [-0.39, 0.29) is 6.10 Å². The van der Waals surface area contributed by atoms with Crippen molar-refractivity contribution >= 4 is 15.9 Å². The Bertz CT molecular complexity index is 333. The van der Waals surface area contributed by atoms with Crippen molar-refractivity contribution in [2.45, 2.75) is 51.5 Å². The zero-order valence-corrected chi connectivity index (χ0v) is 12.8. The number of alkyl halides is 1. The molecule has 0 bridgehead atoms. The lowest BCUT2D eigenvalue weighted by atomic mass is 10.0. The van der Waals surface area contributed by atoms with Gasteiger partial charge in [0.25, 0.3) is 0 Å². The molecule has 1 unspecified atom stereocenters. The zero-order valence-electron chi connectivity index (χ0n) is 11.2. The first-order valence-electron chi connectivity index (χ1n) is 6.39. The first-order chi connectivity index (χ1) is 8.00. The third-order valence-corrected chi connectivity index (χ3v) is 4.26. The summed E-state index contributed by atoms with van der Waals surface area (Å²) in [7, 11) is 0. The van der Waals surface area contributed by atoms with Gasteiger partial charge in [0.05, 0.1) is 6.10 Å². The van der Waals surface area contributed by atoms with Gasteiger partial charge in [-0.1, -0.05) is 48.0 Å². The van der Waals surface area contributed by atoms with Crippen molar-refractivity contribution in [2.75, 3.05) is 0 Å². The number of hydrogen-bond acceptors (Lipinski definition) is 1. The monoisotopic (exact) mass is 298 g/mol. The van der Waals surface area contributed by atoms with Crippen LogP contribution in [0.4, 0.5) is 0 Å². The molecule has 0 aliphatic rings. The molecule has 0 fully saturated rings. The Morgan fingerprint density at radius 1 is 1.12 bits per heavy atom. The van der Waals surface area contributed by atoms with Gasteiger partial charge in [-0.2, -0.15) is 0 Å². The highest BCUT2D eigenvalue weighted by molar-refractivity contribution is 9.09. The van der Waals surface area contributed by atoms with Crippen molar-refractivity contribution in [1.82, 2.24) is 0 Å². The number of rotatable bonds is 6. The Morgan fingerprint density at radius 3 is 2.35 bits per heavy atom. The molecular formula is C15H23BrO. The minimum atomic E-state index is 0.237. The lowest BCUT2D eigenvalue weighted by Crippen LogP contribution is -2.10. The smallest absolute Gasteiger partial charge is 0.122 e. The first-order valence-corrected chi connectivity index (χ1v) is 7.31. The maximum atomic E-state index is 5.82. The van der Waals surface area contributed by atoms with Gasteiger partial charge >= 0.3 is 0 Å². The highest BCUT2D eigenvalue weighted by Crippen LogP contribution is 2.24. The van der Waals surface area contributed by atoms with E-state index in [1.165, 1.54) is 5.56 Å². The summed E-state index contributed by atoms with van der Waals surface area (Å²) in [6, 6.07) is 8.35. The minimum absolute atomic E-state index is 0.237. The third kappa shape index (κ3) is 5.12. The first kappa shape index (κ1) is 14.6. The second-order valence-corrected chi connectivity index (χ2v) is 6.25. The van der Waals surface area contributed by atoms with Crippen molar-refractivity contribution in [1.29, 1.82) is 0 Å². The molecule has 0 spiro atoms. The molecule has 0 heterocycles. The molecule has 96 valence electrons. The molecule has 0 aromatic heterocycles. The van der Waals surface area contributed by atoms with E-state index < -0.39 is 0 Å². The van der Waals surface area contributed by atoms with Crippen molar-refractivity contribution in [3.05, 3.63) is 29.8 Å². The van der Waals surface area contributed by atoms with Crippen LogP contribution in [0.2, 0.25) is 0 Å². The summed E-state index contributed by atoms with van der Waals surface area (Å²) in [6.45, 7) is 8.63. The second kappa shape index (κ2) is 7.05. The molecule has 0 aliphatic heterocycles. The van der Waals surface area contributed by atoms with Crippen LogP contribution >= 0.6 is 15.9 Å². The van der Waals surface area contributed by atoms with E-state index in [2.05, 4.69) is 61.8 Å². The Balaban J connectivity index is 2.63. The van der Waals surface area contributed by atoms with Gasteiger partial charge in [0.1, 0.15) is 5.75 Å². The highest BCUT2D eigenvalue weighted by Gasteiger charge is 2.11. The van der Waals surface area contributed by atoms with Gasteiger partial charge in [-0.25, -0.2) is 0 Å². The molecule has 0 amide bonds. The maximum absolute atomic E-state index is 5.82. The van der Waals surface area contributed by atoms with Gasteiger partial charge in [-0.3, -0.25) is 0 Å². The van der Waals surface area contributed by atoms with Crippen LogP contribution in [-0.4, -0.2) is 10.9 Å². The van der Waals surface area contributed by atoms with Crippen molar-refractivity contribution in [3.8, 4) is 5.75 Å². The SMILES string of the molecule is CC(C)Oc1ccccc1CCC(Br)C(C)C. The average molecular weight is 299 g/mol. The van der Waals surface area contributed by atoms with Crippen LogP contribution in [-0.2, 0) is 6.42 Å². The lowest BCUT2D eigenvalue weighted by molar-refractivity contribution is 0.239. The van der Waals surface area contributed by atoms with Crippen LogP contribution in [0, 0.1) is 5.92 Å². The number of benzene rings is 1. The van der Waals surface area contributed by atoms with Crippen LogP contribution in [0.3, 0.4) is 0 Å². The van der Waals surface area contributed by atoms with Gasteiger partial charge in [-0.15, -0.1) is 0 Å². The van der Waals surface area contributed by atoms with Gasteiger partial charge in [-0.05, 0) is 44.2 Å². The van der Waals surface area contributed by atoms with E-state index >= 15 is 0 Å². The topological polar surface area (TPSA) is 9.23 Å². The Hall–Kier alpha value is -0.500. The number of para-hydroxylation sites is 1. The van der Waals surface area contributed by atoms with E-state index in [1.807, 2.05) is 6.07 Å². The zero-order chi connectivity index (χ0) is 12.8. The molecule has 2 heteroatoms. The van der Waals surface area contributed by atoms with Crippen molar-refractivity contribution < 1.29 is 4.74 Å². The molecule has 0 saturated heterocycles. The summed E-state index contributed by atoms with van der Waals surface area (Å²) in [5.74, 6) is 1.71. The van der Waals surface area contributed by atoms with Gasteiger partial charge < -0.3 is 4.74 Å². The van der Waals surface area contributed by atoms with Crippen molar-refractivity contribution in [3.63, 3.8) is 0 Å². The summed E-state index contributed by atoms with van der Waals surface area (Å²) in [5, 5.41) is 0. The van der Waals surface area contributed by atoms with E-state index in [1.54, 1.807) is 0 Å². The fourth-order valence-electron chi connectivity index (χ4n) is 1.71. The lowest BCUT2D eigenvalue weighted by Gasteiger charge is -2.17. The largest absolute Gasteiger partial charge is 0.491 e. The summed E-state index contributed by atoms with van der Waals surface area (Å²) < 4.78 is 5.82. The highest BCUT2D eigenvalue weighted by atomic mass is 79.9. The molecule has 0 radical (unpaired) electrons. The second-order valence-electron chi connectivity index (χ2n) is 5.07. The van der Waals surface area contributed by atoms with E-state index in [9.17, 15) is 0 Å². The normalized spacial score (nSPS) is 13.1. The van der Waals surface area contributed by atoms with Crippen LogP contribution < -0.4 is 4.74 Å². The molecule has 1 aromatic carbocycles. The molecule has 1 aromatic rings. The average Bonchev–Trinajstić information content (AvgIpc) is 2.26. The number of ether oxygens (including phenoxy) is 1. The standard InChI is InChI=1S/C15H23BrO/c1-11(2)14(16)10-9-13-7-5-6-8-15(13)17-12(3)4/h5-8,11-12,14H,9-10H2,1-4H3. The van der Waals surface area contributed by atoms with E-state index in [0.717, 1.165) is 18.6 Å². The molecule has 0 saturated carbocycles. The van der Waals surface area contributed by atoms with Gasteiger partial charge in [0.15, 0.2) is 0 Å². The maximum Gasteiger partial charge on any atom is 0.122 e. The minimum Gasteiger partial charge on any atom is -0.491 e. The Morgan fingerprint density at radius 2 is 1.76 bits per heavy atom. The quantitative estimate of drug-likeness (QED) is 0.684. The molecule has 1 atom stereocenters. The van der Waals surface area contributed by atoms with E-state index in [4.69, 9.17) is 4.74 Å². The van der Waals surface area contributed by atoms with Crippen LogP contribution in [0.15, 0.2) is 24.3 Å². The number of aryl methyl sites for hydroxylation is 1. The summed E-state index contributed by atoms with van der Waals surface area (Å²) >= 11 is 3.73. The third-order valence-electron chi connectivity index (χ3n) is 2.75. The molecule has 0 N–H and O–H groups in total. The predicted octanol–water partition coefficient (Wildman–Crippen LogP) is 4.83. The fraction of sp³-hybridized carbons (Fsp3) is 0.600. The van der Waals surface area contributed by atoms with Gasteiger partial charge in [0.2, 0.25) is 0 Å². The van der Waals surface area contributed by atoms with Gasteiger partial charge in [0, 0.05) is 4.83 Å². The predicted molar refractivity (Wildman–Crippen MR) is 78.1 cm³/mol. The molecule has 17 heavy (non-hydrogen) atoms. The van der Waals surface area contributed by atoms with Crippen molar-refractivity contribution in [2.24, 2.45) is 5.92 Å².